The maximum atomic E-state index is 12.1. The number of amides is 1. The molecule has 2 N–H and O–H groups in total. The van der Waals surface area contributed by atoms with E-state index in [4.69, 9.17) is 0 Å². The van der Waals surface area contributed by atoms with Crippen molar-refractivity contribution in [1.82, 2.24) is 5.32 Å². The van der Waals surface area contributed by atoms with Crippen LogP contribution in [-0.2, 0) is 28.3 Å². The van der Waals surface area contributed by atoms with Crippen LogP contribution in [0.2, 0.25) is 0 Å². The van der Waals surface area contributed by atoms with Crippen molar-refractivity contribution in [3.63, 3.8) is 0 Å². The van der Waals surface area contributed by atoms with Gasteiger partial charge in [0.1, 0.15) is 5.75 Å². The number of carbonyl (C=O) groups is 4. The normalized spacial score (nSPS) is 20.7. The molecule has 2 fully saturated rings. The number of hydrogen-bond donors (Lipinski definition) is 2. The van der Waals surface area contributed by atoms with Gasteiger partial charge in [0.15, 0.2) is 0 Å². The zero-order valence-electron chi connectivity index (χ0n) is 19.0. The Kier molecular flexibility index (Phi) is 11.8. The fourth-order valence-corrected chi connectivity index (χ4v) is 4.03. The predicted octanol–water partition coefficient (Wildman–Crippen LogP) is -0.635. The second-order valence-corrected chi connectivity index (χ2v) is 7.82. The molecule has 3 rings (SSSR count). The minimum Gasteiger partial charge on any atom is -0.642 e. The summed E-state index contributed by atoms with van der Waals surface area (Å²) in [5.41, 5.74) is 0.385. The third kappa shape index (κ3) is 9.62. The van der Waals surface area contributed by atoms with Crippen molar-refractivity contribution in [2.24, 2.45) is 11.8 Å². The summed E-state index contributed by atoms with van der Waals surface area (Å²) in [5, 5.41) is 12.7. The quantitative estimate of drug-likeness (QED) is 0.561. The molecule has 2 aliphatic carbocycles. The number of hydrogen-bond acceptors (Lipinski definition) is 8. The molecule has 1 radical (unpaired) electrons. The average molecular weight is 456 g/mol. The standard InChI is InChI=1S/C15H19NO2.C6H9BO6.Na/c17-14-4-2-1-3-13(14)15(18)16-12-8-10-5-6-11(7-10)9-12;1-4(8)11-7(12-5(2)9)13-6(3)10;/h1-4,10-12,17H,5-9H2,(H,16,18);1-3H3;/q;-1;+1. The van der Waals surface area contributed by atoms with Crippen LogP contribution < -0.4 is 34.9 Å². The first-order valence-electron chi connectivity index (χ1n) is 10.2. The van der Waals surface area contributed by atoms with Crippen LogP contribution in [0.4, 0.5) is 0 Å². The summed E-state index contributed by atoms with van der Waals surface area (Å²) in [6, 6.07) is 7.02. The smallest absolute Gasteiger partial charge is 0.642 e. The second kappa shape index (κ2) is 13.5. The van der Waals surface area contributed by atoms with Gasteiger partial charge in [-0.25, -0.2) is 0 Å². The molecule has 2 bridgehead atoms. The minimum absolute atomic E-state index is 0. The molecule has 32 heavy (non-hydrogen) atoms. The number of benzene rings is 1. The number of rotatable bonds is 5. The zero-order chi connectivity index (χ0) is 23.0. The van der Waals surface area contributed by atoms with Gasteiger partial charge in [0.05, 0.1) is 5.56 Å². The fourth-order valence-electron chi connectivity index (χ4n) is 4.03. The molecule has 0 aromatic heterocycles. The Hall–Kier alpha value is -2.04. The Balaban J connectivity index is 0.000000330. The van der Waals surface area contributed by atoms with E-state index < -0.39 is 25.2 Å². The van der Waals surface area contributed by atoms with E-state index in [1.807, 2.05) is 0 Å². The summed E-state index contributed by atoms with van der Waals surface area (Å²) in [7, 11) is -1.59. The number of para-hydroxylation sites is 1. The van der Waals surface area contributed by atoms with Crippen LogP contribution in [0.5, 0.6) is 5.75 Å². The molecule has 11 heteroatoms. The summed E-state index contributed by atoms with van der Waals surface area (Å²) in [6.07, 6.45) is 6.22. The number of nitrogens with one attached hydrogen (secondary N) is 1. The third-order valence-electron chi connectivity index (χ3n) is 5.16. The number of carbonyl (C=O) groups excluding carboxylic acids is 4. The molecule has 0 heterocycles. The van der Waals surface area contributed by atoms with Crippen molar-refractivity contribution in [2.75, 3.05) is 0 Å². The van der Waals surface area contributed by atoms with E-state index in [9.17, 15) is 24.3 Å². The molecule has 1 aromatic rings. The molecule has 2 unspecified atom stereocenters. The Morgan fingerprint density at radius 1 is 0.875 bits per heavy atom. The van der Waals surface area contributed by atoms with Gasteiger partial charge in [-0.15, -0.1) is 0 Å². The van der Waals surface area contributed by atoms with E-state index in [0.29, 0.717) is 11.6 Å². The van der Waals surface area contributed by atoms with Crippen molar-refractivity contribution in [2.45, 2.75) is 58.9 Å². The molecule has 9 nitrogen and oxygen atoms in total. The first kappa shape index (κ1) is 28.0. The Labute approximate surface area is 210 Å². The van der Waals surface area contributed by atoms with E-state index in [-0.39, 0.29) is 41.2 Å². The third-order valence-corrected chi connectivity index (χ3v) is 5.16. The van der Waals surface area contributed by atoms with E-state index in [1.54, 1.807) is 24.3 Å². The van der Waals surface area contributed by atoms with Crippen LogP contribution in [0.3, 0.4) is 0 Å². The number of phenols is 1. The maximum absolute atomic E-state index is 12.1. The maximum Gasteiger partial charge on any atom is 1.00 e. The molecule has 169 valence electrons. The summed E-state index contributed by atoms with van der Waals surface area (Å²) in [4.78, 5) is 43.3. The van der Waals surface area contributed by atoms with E-state index in [2.05, 4.69) is 19.3 Å². The van der Waals surface area contributed by atoms with Crippen LogP contribution >= 0.6 is 0 Å². The predicted molar refractivity (Wildman–Crippen MR) is 110 cm³/mol. The largest absolute Gasteiger partial charge is 1.00 e. The van der Waals surface area contributed by atoms with Gasteiger partial charge in [0.2, 0.25) is 0 Å². The topological polar surface area (TPSA) is 128 Å². The van der Waals surface area contributed by atoms with E-state index >= 15 is 0 Å². The SMILES string of the molecule is CC(=O)O[B-](OC(C)=O)OC(C)=O.O=C(NC1CC2CCC(C2)C1)c1ccccc1O.[Na+]. The van der Waals surface area contributed by atoms with Crippen molar-refractivity contribution >= 4 is 31.1 Å². The molecule has 1 aromatic carbocycles. The zero-order valence-corrected chi connectivity index (χ0v) is 21.0. The molecular formula is C21H28BNNaO8. The molecule has 2 saturated carbocycles. The number of phenolic OH excluding ortho intramolecular Hbond substituents is 1. The molecule has 0 aliphatic heterocycles. The van der Waals surface area contributed by atoms with Crippen molar-refractivity contribution < 1.29 is 67.8 Å². The van der Waals surface area contributed by atoms with Gasteiger partial charge < -0.3 is 24.4 Å². The van der Waals surface area contributed by atoms with Gasteiger partial charge in [0, 0.05) is 26.8 Å². The Bertz CT molecular complexity index is 771. The Morgan fingerprint density at radius 3 is 1.78 bits per heavy atom. The van der Waals surface area contributed by atoms with Gasteiger partial charge in [-0.1, -0.05) is 25.0 Å². The van der Waals surface area contributed by atoms with E-state index in [0.717, 1.165) is 45.4 Å². The Morgan fingerprint density at radius 2 is 1.34 bits per heavy atom. The molecule has 0 saturated heterocycles. The summed E-state index contributed by atoms with van der Waals surface area (Å²) < 4.78 is 13.0. The van der Waals surface area contributed by atoms with Gasteiger partial charge in [-0.2, -0.15) is 0 Å². The van der Waals surface area contributed by atoms with Gasteiger partial charge in [-0.05, 0) is 43.2 Å². The molecule has 0 spiro atoms. The van der Waals surface area contributed by atoms with Crippen LogP contribution in [0, 0.1) is 11.8 Å². The monoisotopic (exact) mass is 456 g/mol. The minimum atomic E-state index is -1.59. The number of aromatic hydroxyl groups is 1. The van der Waals surface area contributed by atoms with Gasteiger partial charge in [0.25, 0.3) is 23.8 Å². The van der Waals surface area contributed by atoms with Crippen molar-refractivity contribution in [3.8, 4) is 5.75 Å². The van der Waals surface area contributed by atoms with Gasteiger partial charge >= 0.3 is 36.9 Å². The molecular weight excluding hydrogens is 428 g/mol. The first-order valence-corrected chi connectivity index (χ1v) is 10.2. The molecule has 2 atom stereocenters. The average Bonchev–Trinajstić information content (AvgIpc) is 2.99. The number of fused-ring (bicyclic) bond motifs is 2. The van der Waals surface area contributed by atoms with Crippen LogP contribution in [0.25, 0.3) is 0 Å². The van der Waals surface area contributed by atoms with Crippen LogP contribution in [-0.4, -0.2) is 42.3 Å². The van der Waals surface area contributed by atoms with Crippen LogP contribution in [0.15, 0.2) is 24.3 Å². The van der Waals surface area contributed by atoms with Gasteiger partial charge in [-0.3, -0.25) is 19.2 Å². The van der Waals surface area contributed by atoms with Crippen LogP contribution in [0.1, 0.15) is 63.2 Å². The second-order valence-electron chi connectivity index (χ2n) is 7.82. The van der Waals surface area contributed by atoms with Crippen molar-refractivity contribution in [1.29, 1.82) is 0 Å². The molecule has 2 aliphatic rings. The van der Waals surface area contributed by atoms with Crippen molar-refractivity contribution in [3.05, 3.63) is 29.8 Å². The molecule has 1 amide bonds. The fraction of sp³-hybridized carbons (Fsp3) is 0.524. The summed E-state index contributed by atoms with van der Waals surface area (Å²) in [6.45, 7) is 3.29. The van der Waals surface area contributed by atoms with E-state index in [1.165, 1.54) is 19.3 Å². The summed E-state index contributed by atoms with van der Waals surface area (Å²) >= 11 is 0. The first-order chi connectivity index (χ1) is 14.6. The summed E-state index contributed by atoms with van der Waals surface area (Å²) in [5.74, 6) is -0.613.